The number of alkyl halides is 6. The van der Waals surface area contributed by atoms with E-state index in [4.69, 9.17) is 0 Å². The van der Waals surface area contributed by atoms with Crippen molar-refractivity contribution < 1.29 is 26.3 Å². The molecule has 8 heteroatoms. The molecule has 0 heterocycles. The Balaban J connectivity index is 2.73. The maximum Gasteiger partial charge on any atom is 0.435 e. The first-order valence-electron chi connectivity index (χ1n) is 7.43. The zero-order chi connectivity index (χ0) is 19.5. The normalized spacial score (nSPS) is 13.8. The number of aryl methyl sites for hydroxylation is 2. The summed E-state index contributed by atoms with van der Waals surface area (Å²) in [5, 5.41) is 0. The number of benzene rings is 2. The minimum Gasteiger partial charge on any atom is -0.242 e. The van der Waals surface area contributed by atoms with Gasteiger partial charge in [-0.1, -0.05) is 36.4 Å². The Labute approximate surface area is 145 Å². The van der Waals surface area contributed by atoms with Gasteiger partial charge in [0, 0.05) is 0 Å². The molecule has 26 heavy (non-hydrogen) atoms. The Morgan fingerprint density at radius 3 is 1.19 bits per heavy atom. The third kappa shape index (κ3) is 4.71. The van der Waals surface area contributed by atoms with E-state index >= 15 is 0 Å². The summed E-state index contributed by atoms with van der Waals surface area (Å²) in [7, 11) is 0. The fourth-order valence-corrected chi connectivity index (χ4v) is 2.12. The minimum atomic E-state index is -5.33. The molecule has 0 aliphatic rings. The van der Waals surface area contributed by atoms with Gasteiger partial charge in [0.25, 0.3) is 0 Å². The molecule has 0 aliphatic heterocycles. The summed E-state index contributed by atoms with van der Waals surface area (Å²) in [5.41, 5.74) is -3.95. The van der Waals surface area contributed by atoms with Crippen LogP contribution in [0, 0.1) is 13.8 Å². The second-order valence-corrected chi connectivity index (χ2v) is 5.49. The van der Waals surface area contributed by atoms with Crippen LogP contribution in [0.2, 0.25) is 0 Å². The highest BCUT2D eigenvalue weighted by Crippen LogP contribution is 2.32. The topological polar surface area (TPSA) is 24.7 Å². The third-order valence-electron chi connectivity index (χ3n) is 3.46. The van der Waals surface area contributed by atoms with Gasteiger partial charge in [-0.25, -0.2) is 9.98 Å². The summed E-state index contributed by atoms with van der Waals surface area (Å²) in [6.07, 6.45) is -10.7. The molecule has 0 bridgehead atoms. The van der Waals surface area contributed by atoms with Crippen molar-refractivity contribution in [2.75, 3.05) is 0 Å². The van der Waals surface area contributed by atoms with Gasteiger partial charge in [0.2, 0.25) is 0 Å². The van der Waals surface area contributed by atoms with E-state index in [9.17, 15) is 26.3 Å². The van der Waals surface area contributed by atoms with Gasteiger partial charge in [0.05, 0.1) is 11.4 Å². The summed E-state index contributed by atoms with van der Waals surface area (Å²) < 4.78 is 80.5. The highest BCUT2D eigenvalue weighted by Gasteiger charge is 2.50. The van der Waals surface area contributed by atoms with Gasteiger partial charge in [-0.05, 0) is 37.1 Å². The van der Waals surface area contributed by atoms with E-state index in [1.54, 1.807) is 12.1 Å². The molecule has 2 rings (SSSR count). The predicted molar refractivity (Wildman–Crippen MR) is 88.7 cm³/mol. The molecule has 0 saturated heterocycles. The first kappa shape index (κ1) is 19.7. The van der Waals surface area contributed by atoms with Crippen LogP contribution in [0.3, 0.4) is 0 Å². The average molecular weight is 372 g/mol. The van der Waals surface area contributed by atoms with Gasteiger partial charge in [0.1, 0.15) is 0 Å². The number of aliphatic imine (C=N–C) groups is 2. The summed E-state index contributed by atoms with van der Waals surface area (Å²) >= 11 is 0. The van der Waals surface area contributed by atoms with Crippen LogP contribution in [0.4, 0.5) is 37.7 Å². The molecule has 0 radical (unpaired) electrons. The van der Waals surface area contributed by atoms with Gasteiger partial charge >= 0.3 is 12.4 Å². The van der Waals surface area contributed by atoms with Crippen LogP contribution in [-0.2, 0) is 0 Å². The second-order valence-electron chi connectivity index (χ2n) is 5.49. The van der Waals surface area contributed by atoms with Gasteiger partial charge < -0.3 is 0 Å². The van der Waals surface area contributed by atoms with Crippen molar-refractivity contribution in [2.24, 2.45) is 9.98 Å². The quantitative estimate of drug-likeness (QED) is 0.448. The Kier molecular flexibility index (Phi) is 5.53. The molecule has 2 nitrogen and oxygen atoms in total. The molecule has 0 unspecified atom stereocenters. The summed E-state index contributed by atoms with van der Waals surface area (Å²) in [6.45, 7) is 2.91. The molecule has 2 aromatic carbocycles. The van der Waals surface area contributed by atoms with Gasteiger partial charge in [-0.15, -0.1) is 0 Å². The maximum absolute atomic E-state index is 13.4. The van der Waals surface area contributed by atoms with E-state index in [1.807, 2.05) is 0 Å². The molecule has 0 saturated carbocycles. The van der Waals surface area contributed by atoms with Crippen molar-refractivity contribution in [2.45, 2.75) is 26.2 Å². The molecule has 0 amide bonds. The monoisotopic (exact) mass is 372 g/mol. The van der Waals surface area contributed by atoms with Crippen LogP contribution in [0.25, 0.3) is 0 Å². The average Bonchev–Trinajstić information content (AvgIpc) is 2.52. The van der Waals surface area contributed by atoms with Crippen LogP contribution in [-0.4, -0.2) is 23.8 Å². The highest BCUT2D eigenvalue weighted by molar-refractivity contribution is 6.47. The lowest BCUT2D eigenvalue weighted by atomic mass is 10.1. The summed E-state index contributed by atoms with van der Waals surface area (Å²) in [6, 6.07) is 11.2. The molecule has 0 spiro atoms. The van der Waals surface area contributed by atoms with E-state index in [0.717, 1.165) is 0 Å². The Bertz CT molecular complexity index is 776. The lowest BCUT2D eigenvalue weighted by Gasteiger charge is -2.16. The molecule has 0 atom stereocenters. The zero-order valence-corrected chi connectivity index (χ0v) is 13.8. The van der Waals surface area contributed by atoms with Crippen LogP contribution >= 0.6 is 0 Å². The lowest BCUT2D eigenvalue weighted by Crippen LogP contribution is -2.40. The van der Waals surface area contributed by atoms with E-state index in [2.05, 4.69) is 9.98 Å². The highest BCUT2D eigenvalue weighted by atomic mass is 19.4. The van der Waals surface area contributed by atoms with Crippen molar-refractivity contribution in [3.8, 4) is 0 Å². The van der Waals surface area contributed by atoms with Crippen LogP contribution in [0.5, 0.6) is 0 Å². The number of halogens is 6. The maximum atomic E-state index is 13.4. The number of hydrogen-bond donors (Lipinski definition) is 0. The summed E-state index contributed by atoms with van der Waals surface area (Å²) in [5.74, 6) is 0. The van der Waals surface area contributed by atoms with E-state index in [1.165, 1.54) is 50.2 Å². The molecule has 0 aromatic heterocycles. The molecular formula is C18H14F6N2. The lowest BCUT2D eigenvalue weighted by molar-refractivity contribution is -0.0709. The van der Waals surface area contributed by atoms with Gasteiger partial charge in [-0.2, -0.15) is 26.3 Å². The standard InChI is InChI=1S/C18H14F6N2/c1-11-7-3-5-9-13(11)25-15(17(19,20)21)16(18(22,23)24)26-14-10-6-4-8-12(14)2/h3-10H,1-2H3. The molecule has 0 N–H and O–H groups in total. The fourth-order valence-electron chi connectivity index (χ4n) is 2.12. The Hall–Kier alpha value is -2.64. The smallest absolute Gasteiger partial charge is 0.242 e. The Morgan fingerprint density at radius 1 is 0.615 bits per heavy atom. The van der Waals surface area contributed by atoms with Crippen molar-refractivity contribution in [1.82, 2.24) is 0 Å². The largest absolute Gasteiger partial charge is 0.435 e. The molecule has 0 fully saturated rings. The fraction of sp³-hybridized carbons (Fsp3) is 0.222. The van der Waals surface area contributed by atoms with Crippen LogP contribution in [0.1, 0.15) is 11.1 Å². The first-order valence-corrected chi connectivity index (χ1v) is 7.43. The SMILES string of the molecule is Cc1ccccc1N=C(C(=Nc1ccccc1C)C(F)(F)F)C(F)(F)F. The Morgan fingerprint density at radius 2 is 0.923 bits per heavy atom. The molecular weight excluding hydrogens is 358 g/mol. The van der Waals surface area contributed by atoms with Crippen molar-refractivity contribution in [1.29, 1.82) is 0 Å². The van der Waals surface area contributed by atoms with Crippen molar-refractivity contribution >= 4 is 22.8 Å². The van der Waals surface area contributed by atoms with E-state index < -0.39 is 23.8 Å². The second kappa shape index (κ2) is 7.31. The van der Waals surface area contributed by atoms with Crippen LogP contribution < -0.4 is 0 Å². The van der Waals surface area contributed by atoms with Gasteiger partial charge in [-0.3, -0.25) is 0 Å². The zero-order valence-electron chi connectivity index (χ0n) is 13.8. The van der Waals surface area contributed by atoms with Crippen molar-refractivity contribution in [3.63, 3.8) is 0 Å². The van der Waals surface area contributed by atoms with Crippen molar-refractivity contribution in [3.05, 3.63) is 59.7 Å². The first-order chi connectivity index (χ1) is 12.0. The van der Waals surface area contributed by atoms with Crippen LogP contribution in [0.15, 0.2) is 58.5 Å². The molecule has 0 aliphatic carbocycles. The number of hydrogen-bond acceptors (Lipinski definition) is 2. The van der Waals surface area contributed by atoms with E-state index in [-0.39, 0.29) is 11.4 Å². The van der Waals surface area contributed by atoms with Gasteiger partial charge in [0.15, 0.2) is 11.4 Å². The summed E-state index contributed by atoms with van der Waals surface area (Å²) in [4.78, 5) is 6.53. The number of nitrogens with zero attached hydrogens (tertiary/aromatic N) is 2. The minimum absolute atomic E-state index is 0.207. The molecule has 2 aromatic rings. The van der Waals surface area contributed by atoms with E-state index in [0.29, 0.717) is 11.1 Å². The molecule has 138 valence electrons. The predicted octanol–water partition coefficient (Wildman–Crippen LogP) is 6.27. The number of para-hydroxylation sites is 2. The number of rotatable bonds is 3. The third-order valence-corrected chi connectivity index (χ3v) is 3.46.